The maximum Gasteiger partial charge on any atom is 0.207 e. The highest BCUT2D eigenvalue weighted by atomic mass is 32.2. The van der Waals surface area contributed by atoms with Crippen molar-refractivity contribution in [1.29, 1.82) is 5.26 Å². The van der Waals surface area contributed by atoms with Crippen LogP contribution >= 0.6 is 0 Å². The summed E-state index contributed by atoms with van der Waals surface area (Å²) in [6.07, 6.45) is 2.76. The first kappa shape index (κ1) is 13.1. The number of nitriles is 1. The van der Waals surface area contributed by atoms with E-state index in [9.17, 15) is 8.42 Å². The summed E-state index contributed by atoms with van der Waals surface area (Å²) in [5.74, 6) is 0. The van der Waals surface area contributed by atoms with Crippen molar-refractivity contribution in [3.63, 3.8) is 0 Å². The number of allylic oxidation sites excluding steroid dienone is 1. The Morgan fingerprint density at radius 2 is 1.58 bits per heavy atom. The van der Waals surface area contributed by atoms with Crippen LogP contribution in [-0.2, 0) is 9.84 Å². The quantitative estimate of drug-likeness (QED) is 0.805. The van der Waals surface area contributed by atoms with Crippen LogP contribution in [0, 0.1) is 11.3 Å². The van der Waals surface area contributed by atoms with E-state index in [-0.39, 0.29) is 9.79 Å². The first-order chi connectivity index (χ1) is 9.16. The van der Waals surface area contributed by atoms with E-state index in [2.05, 4.69) is 0 Å². The molecular weight excluding hydrogens is 258 g/mol. The lowest BCUT2D eigenvalue weighted by atomic mass is 10.2. The summed E-state index contributed by atoms with van der Waals surface area (Å²) >= 11 is 0. The number of rotatable bonds is 3. The maximum absolute atomic E-state index is 12.5. The lowest BCUT2D eigenvalue weighted by Crippen LogP contribution is -2.03. The van der Waals surface area contributed by atoms with Crippen molar-refractivity contribution in [1.82, 2.24) is 0 Å². The van der Waals surface area contributed by atoms with Crippen LogP contribution < -0.4 is 0 Å². The second-order valence-electron chi connectivity index (χ2n) is 3.82. The van der Waals surface area contributed by atoms with E-state index in [1.54, 1.807) is 54.6 Å². The Kier molecular flexibility index (Phi) is 3.79. The molecule has 0 N–H and O–H groups in total. The minimum atomic E-state index is -3.56. The molecule has 0 bridgehead atoms. The number of hydrogen-bond acceptors (Lipinski definition) is 3. The van der Waals surface area contributed by atoms with Crippen LogP contribution in [0.5, 0.6) is 0 Å². The fraction of sp³-hybridized carbons (Fsp3) is 0. The highest BCUT2D eigenvalue weighted by Gasteiger charge is 2.19. The first-order valence-electron chi connectivity index (χ1n) is 5.61. The van der Waals surface area contributed by atoms with E-state index >= 15 is 0 Å². The van der Waals surface area contributed by atoms with Gasteiger partial charge in [-0.25, -0.2) is 8.42 Å². The van der Waals surface area contributed by atoms with Crippen LogP contribution in [0.1, 0.15) is 5.56 Å². The van der Waals surface area contributed by atoms with Gasteiger partial charge in [-0.15, -0.1) is 0 Å². The number of nitrogens with zero attached hydrogens (tertiary/aromatic N) is 1. The third-order valence-corrected chi connectivity index (χ3v) is 4.44. The van der Waals surface area contributed by atoms with Gasteiger partial charge in [0.1, 0.15) is 0 Å². The predicted molar refractivity (Wildman–Crippen MR) is 73.0 cm³/mol. The second-order valence-corrected chi connectivity index (χ2v) is 5.73. The van der Waals surface area contributed by atoms with Crippen molar-refractivity contribution >= 4 is 15.9 Å². The summed E-state index contributed by atoms with van der Waals surface area (Å²) in [6, 6.07) is 16.7. The monoisotopic (exact) mass is 269 g/mol. The van der Waals surface area contributed by atoms with Gasteiger partial charge in [-0.3, -0.25) is 0 Å². The molecule has 2 rings (SSSR count). The van der Waals surface area contributed by atoms with Crippen LogP contribution in [0.15, 0.2) is 70.5 Å². The summed E-state index contributed by atoms with van der Waals surface area (Å²) in [7, 11) is -3.56. The molecule has 2 aromatic rings. The molecule has 0 atom stereocenters. The largest absolute Gasteiger partial charge is 0.218 e. The summed E-state index contributed by atoms with van der Waals surface area (Å²) < 4.78 is 25.0. The Morgan fingerprint density at radius 1 is 0.947 bits per heavy atom. The van der Waals surface area contributed by atoms with Crippen molar-refractivity contribution in [2.24, 2.45) is 0 Å². The number of hydrogen-bond donors (Lipinski definition) is 0. The van der Waals surface area contributed by atoms with Gasteiger partial charge in [-0.05, 0) is 29.8 Å². The summed E-state index contributed by atoms with van der Waals surface area (Å²) in [5.41, 5.74) is 0.507. The van der Waals surface area contributed by atoms with Crippen molar-refractivity contribution in [2.75, 3.05) is 0 Å². The molecule has 0 fully saturated rings. The van der Waals surface area contributed by atoms with Crippen molar-refractivity contribution in [3.05, 3.63) is 66.2 Å². The molecule has 0 aromatic heterocycles. The van der Waals surface area contributed by atoms with E-state index < -0.39 is 9.84 Å². The van der Waals surface area contributed by atoms with Gasteiger partial charge in [-0.1, -0.05) is 36.4 Å². The Labute approximate surface area is 112 Å². The highest BCUT2D eigenvalue weighted by molar-refractivity contribution is 7.91. The molecule has 0 saturated carbocycles. The predicted octanol–water partition coefficient (Wildman–Crippen LogP) is 3.06. The topological polar surface area (TPSA) is 57.9 Å². The number of sulfone groups is 1. The van der Waals surface area contributed by atoms with Crippen LogP contribution in [-0.4, -0.2) is 8.42 Å². The Morgan fingerprint density at radius 3 is 2.26 bits per heavy atom. The van der Waals surface area contributed by atoms with Crippen molar-refractivity contribution in [3.8, 4) is 6.07 Å². The van der Waals surface area contributed by atoms with E-state index in [1.807, 2.05) is 6.07 Å². The average molecular weight is 269 g/mol. The van der Waals surface area contributed by atoms with E-state index in [4.69, 9.17) is 5.26 Å². The molecule has 4 heteroatoms. The lowest BCUT2D eigenvalue weighted by molar-refractivity contribution is 0.596. The molecule has 0 saturated heterocycles. The fourth-order valence-electron chi connectivity index (χ4n) is 1.72. The van der Waals surface area contributed by atoms with Crippen LogP contribution in [0.25, 0.3) is 6.08 Å². The van der Waals surface area contributed by atoms with Gasteiger partial charge in [-0.2, -0.15) is 5.26 Å². The Bertz CT molecular complexity index is 741. The first-order valence-corrected chi connectivity index (χ1v) is 7.10. The molecular formula is C15H11NO2S. The molecule has 94 valence electrons. The Balaban J connectivity index is 2.60. The van der Waals surface area contributed by atoms with E-state index in [0.29, 0.717) is 5.56 Å². The Hall–Kier alpha value is -2.38. The van der Waals surface area contributed by atoms with Crippen LogP contribution in [0.2, 0.25) is 0 Å². The molecule has 3 nitrogen and oxygen atoms in total. The molecule has 0 amide bonds. The molecule has 2 aromatic carbocycles. The normalized spacial score (nSPS) is 11.3. The van der Waals surface area contributed by atoms with Gasteiger partial charge < -0.3 is 0 Å². The van der Waals surface area contributed by atoms with Crippen LogP contribution in [0.4, 0.5) is 0 Å². The van der Waals surface area contributed by atoms with Gasteiger partial charge in [0.25, 0.3) is 0 Å². The third kappa shape index (κ3) is 2.72. The maximum atomic E-state index is 12.5. The lowest BCUT2D eigenvalue weighted by Gasteiger charge is -2.07. The SMILES string of the molecule is N#C/C=C/c1ccccc1S(=O)(=O)c1ccccc1. The molecule has 0 aliphatic rings. The standard InChI is InChI=1S/C15H11NO2S/c16-12-6-8-13-7-4-5-11-15(13)19(17,18)14-9-2-1-3-10-14/h1-11H/b8-6+. The third-order valence-electron chi connectivity index (χ3n) is 2.60. The van der Waals surface area contributed by atoms with Crippen molar-refractivity contribution in [2.45, 2.75) is 9.79 Å². The summed E-state index contributed by atoms with van der Waals surface area (Å²) in [4.78, 5) is 0.445. The van der Waals surface area contributed by atoms with E-state index in [0.717, 1.165) is 0 Å². The molecule has 0 spiro atoms. The summed E-state index contributed by atoms with van der Waals surface area (Å²) in [6.45, 7) is 0. The zero-order valence-corrected chi connectivity index (χ0v) is 10.8. The minimum Gasteiger partial charge on any atom is -0.218 e. The highest BCUT2D eigenvalue weighted by Crippen LogP contribution is 2.24. The average Bonchev–Trinajstić information content (AvgIpc) is 2.46. The van der Waals surface area contributed by atoms with Gasteiger partial charge in [0.05, 0.1) is 15.9 Å². The number of benzene rings is 2. The van der Waals surface area contributed by atoms with Gasteiger partial charge in [0.2, 0.25) is 9.84 Å². The molecule has 0 radical (unpaired) electrons. The molecule has 0 aliphatic carbocycles. The van der Waals surface area contributed by atoms with E-state index in [1.165, 1.54) is 12.2 Å². The minimum absolute atomic E-state index is 0.202. The second kappa shape index (κ2) is 5.51. The van der Waals surface area contributed by atoms with Gasteiger partial charge in [0, 0.05) is 6.08 Å². The van der Waals surface area contributed by atoms with Gasteiger partial charge >= 0.3 is 0 Å². The zero-order chi connectivity index (χ0) is 13.7. The summed E-state index contributed by atoms with van der Waals surface area (Å²) in [5, 5.41) is 8.55. The van der Waals surface area contributed by atoms with Gasteiger partial charge in [0.15, 0.2) is 0 Å². The molecule has 0 unspecified atom stereocenters. The fourth-order valence-corrected chi connectivity index (χ4v) is 3.19. The molecule has 0 heterocycles. The molecule has 0 aliphatic heterocycles. The smallest absolute Gasteiger partial charge is 0.207 e. The van der Waals surface area contributed by atoms with Crippen molar-refractivity contribution < 1.29 is 8.42 Å². The molecule has 19 heavy (non-hydrogen) atoms. The van der Waals surface area contributed by atoms with Crippen LogP contribution in [0.3, 0.4) is 0 Å². The zero-order valence-electron chi connectivity index (χ0n) is 10.0.